The summed E-state index contributed by atoms with van der Waals surface area (Å²) in [5.74, 6) is 4.17. The number of hydrogen-bond acceptors (Lipinski definition) is 2. The van der Waals surface area contributed by atoms with Crippen LogP contribution in [-0.2, 0) is 0 Å². The molecule has 1 aliphatic heterocycles. The van der Waals surface area contributed by atoms with Crippen LogP contribution < -0.4 is 0 Å². The van der Waals surface area contributed by atoms with Crippen molar-refractivity contribution >= 4 is 23.5 Å². The fourth-order valence-electron chi connectivity index (χ4n) is 5.16. The van der Waals surface area contributed by atoms with Gasteiger partial charge in [-0.05, 0) is 67.9 Å². The van der Waals surface area contributed by atoms with Crippen molar-refractivity contribution in [2.75, 3.05) is 0 Å². The van der Waals surface area contributed by atoms with E-state index in [4.69, 9.17) is 0 Å². The van der Waals surface area contributed by atoms with Crippen molar-refractivity contribution in [2.24, 2.45) is 23.7 Å². The standard InChI is InChI=1S/C16H18S2/c1-2-4-15-14(3-1)17-16(18-15)12-6-10-5-11(8-12)9-13(16)7-10/h1-4,10-13H,5-9H2. The molecule has 0 unspecified atom stereocenters. The summed E-state index contributed by atoms with van der Waals surface area (Å²) in [5.41, 5.74) is 0. The van der Waals surface area contributed by atoms with E-state index in [0.29, 0.717) is 4.08 Å². The van der Waals surface area contributed by atoms with Crippen LogP contribution >= 0.6 is 23.5 Å². The smallest absolute Gasteiger partial charge is 0.0762 e. The van der Waals surface area contributed by atoms with Crippen molar-refractivity contribution in [3.63, 3.8) is 0 Å². The molecule has 1 heterocycles. The van der Waals surface area contributed by atoms with Crippen LogP contribution in [0.3, 0.4) is 0 Å². The first-order valence-electron chi connectivity index (χ1n) is 7.30. The molecule has 2 heteroatoms. The van der Waals surface area contributed by atoms with Gasteiger partial charge in [0.15, 0.2) is 0 Å². The van der Waals surface area contributed by atoms with Crippen molar-refractivity contribution in [3.05, 3.63) is 24.3 Å². The summed E-state index contributed by atoms with van der Waals surface area (Å²) >= 11 is 4.47. The lowest BCUT2D eigenvalue weighted by molar-refractivity contribution is 0.0159. The monoisotopic (exact) mass is 274 g/mol. The summed E-state index contributed by atoms with van der Waals surface area (Å²) in [7, 11) is 0. The van der Waals surface area contributed by atoms with Crippen LogP contribution in [0.4, 0.5) is 0 Å². The lowest BCUT2D eigenvalue weighted by atomic mass is 9.56. The minimum absolute atomic E-state index is 0.539. The van der Waals surface area contributed by atoms with Gasteiger partial charge in [0.05, 0.1) is 4.08 Å². The highest BCUT2D eigenvalue weighted by Gasteiger charge is 2.60. The van der Waals surface area contributed by atoms with Crippen LogP contribution in [0.2, 0.25) is 0 Å². The summed E-state index contributed by atoms with van der Waals surface area (Å²) in [6.45, 7) is 0. The van der Waals surface area contributed by atoms with Crippen LogP contribution in [0.5, 0.6) is 0 Å². The first kappa shape index (κ1) is 10.7. The van der Waals surface area contributed by atoms with Crippen molar-refractivity contribution in [1.82, 2.24) is 0 Å². The van der Waals surface area contributed by atoms with Gasteiger partial charge in [0.1, 0.15) is 0 Å². The van der Waals surface area contributed by atoms with Crippen LogP contribution in [0.25, 0.3) is 0 Å². The molecule has 1 aromatic carbocycles. The highest BCUT2D eigenvalue weighted by atomic mass is 32.2. The van der Waals surface area contributed by atoms with E-state index in [2.05, 4.69) is 47.8 Å². The molecule has 18 heavy (non-hydrogen) atoms. The predicted octanol–water partition coefficient (Wildman–Crippen LogP) is 5.04. The molecule has 0 nitrogen and oxygen atoms in total. The van der Waals surface area contributed by atoms with E-state index < -0.39 is 0 Å². The summed E-state index contributed by atoms with van der Waals surface area (Å²) in [4.78, 5) is 3.13. The Hall–Kier alpha value is -0.0800. The third-order valence-electron chi connectivity index (χ3n) is 5.66. The van der Waals surface area contributed by atoms with Gasteiger partial charge in [0.25, 0.3) is 0 Å². The fraction of sp³-hybridized carbons (Fsp3) is 0.625. The van der Waals surface area contributed by atoms with E-state index in [1.807, 2.05) is 0 Å². The predicted molar refractivity (Wildman–Crippen MR) is 77.9 cm³/mol. The van der Waals surface area contributed by atoms with Gasteiger partial charge in [-0.1, -0.05) is 12.1 Å². The molecule has 6 rings (SSSR count). The Kier molecular flexibility index (Phi) is 2.09. The zero-order valence-electron chi connectivity index (χ0n) is 10.5. The van der Waals surface area contributed by atoms with Crippen molar-refractivity contribution in [3.8, 4) is 0 Å². The Labute approximate surface area is 117 Å². The molecule has 4 fully saturated rings. The maximum absolute atomic E-state index is 2.34. The van der Waals surface area contributed by atoms with E-state index in [9.17, 15) is 0 Å². The number of fused-ring (bicyclic) bond motifs is 1. The summed E-state index contributed by atoms with van der Waals surface area (Å²) in [5, 5.41) is 0. The van der Waals surface area contributed by atoms with E-state index in [1.165, 1.54) is 25.7 Å². The minimum atomic E-state index is 0.539. The van der Waals surface area contributed by atoms with Crippen LogP contribution in [-0.4, -0.2) is 4.08 Å². The summed E-state index contributed by atoms with van der Waals surface area (Å²) < 4.78 is 0.539. The molecule has 0 radical (unpaired) electrons. The Bertz CT molecular complexity index is 453. The molecule has 4 aliphatic carbocycles. The molecular formula is C16H18S2. The summed E-state index contributed by atoms with van der Waals surface area (Å²) in [6.07, 6.45) is 7.68. The van der Waals surface area contributed by atoms with Gasteiger partial charge in [0.2, 0.25) is 0 Å². The van der Waals surface area contributed by atoms with Crippen molar-refractivity contribution < 1.29 is 0 Å². The molecule has 4 saturated carbocycles. The molecule has 5 aliphatic rings. The Morgan fingerprint density at radius 3 is 1.78 bits per heavy atom. The lowest BCUT2D eigenvalue weighted by Gasteiger charge is -2.59. The first-order valence-corrected chi connectivity index (χ1v) is 8.94. The highest BCUT2D eigenvalue weighted by molar-refractivity contribution is 8.20. The van der Waals surface area contributed by atoms with Gasteiger partial charge in [-0.15, -0.1) is 23.5 Å². The van der Waals surface area contributed by atoms with Crippen molar-refractivity contribution in [2.45, 2.75) is 46.0 Å². The largest absolute Gasteiger partial charge is 0.106 e. The Morgan fingerprint density at radius 1 is 0.778 bits per heavy atom. The second kappa shape index (κ2) is 3.52. The lowest BCUT2D eigenvalue weighted by Crippen LogP contribution is -2.52. The molecule has 0 amide bonds. The van der Waals surface area contributed by atoms with E-state index in [0.717, 1.165) is 23.7 Å². The average molecular weight is 274 g/mol. The summed E-state index contributed by atoms with van der Waals surface area (Å²) in [6, 6.07) is 9.10. The number of rotatable bonds is 0. The maximum atomic E-state index is 2.34. The SMILES string of the molecule is c1ccc2c(c1)SC1(S2)C2CC3CC(C2)CC1C3. The normalized spacial score (nSPS) is 42.4. The van der Waals surface area contributed by atoms with Gasteiger partial charge < -0.3 is 0 Å². The third-order valence-corrected chi connectivity index (χ3v) is 9.42. The molecule has 4 bridgehead atoms. The molecule has 1 aromatic rings. The van der Waals surface area contributed by atoms with Crippen LogP contribution in [0, 0.1) is 23.7 Å². The zero-order chi connectivity index (χ0) is 11.7. The van der Waals surface area contributed by atoms with Gasteiger partial charge in [0, 0.05) is 9.79 Å². The number of thioether (sulfide) groups is 2. The van der Waals surface area contributed by atoms with Crippen LogP contribution in [0.15, 0.2) is 34.1 Å². The van der Waals surface area contributed by atoms with Crippen LogP contribution in [0.1, 0.15) is 32.1 Å². The van der Waals surface area contributed by atoms with Gasteiger partial charge in [-0.3, -0.25) is 0 Å². The van der Waals surface area contributed by atoms with E-state index >= 15 is 0 Å². The van der Waals surface area contributed by atoms with Gasteiger partial charge >= 0.3 is 0 Å². The molecule has 1 spiro atoms. The Balaban J connectivity index is 1.58. The fourth-order valence-corrected chi connectivity index (χ4v) is 8.87. The first-order chi connectivity index (χ1) is 8.83. The molecule has 0 N–H and O–H groups in total. The highest BCUT2D eigenvalue weighted by Crippen LogP contribution is 2.72. The maximum Gasteiger partial charge on any atom is 0.0762 e. The molecule has 94 valence electrons. The molecule has 0 saturated heterocycles. The quantitative estimate of drug-likeness (QED) is 0.650. The molecule has 0 atom stereocenters. The van der Waals surface area contributed by atoms with E-state index in [-0.39, 0.29) is 0 Å². The van der Waals surface area contributed by atoms with Gasteiger partial charge in [-0.25, -0.2) is 0 Å². The molecule has 0 aromatic heterocycles. The van der Waals surface area contributed by atoms with Gasteiger partial charge in [-0.2, -0.15) is 0 Å². The Morgan fingerprint density at radius 2 is 1.28 bits per heavy atom. The van der Waals surface area contributed by atoms with E-state index in [1.54, 1.807) is 16.2 Å². The second-order valence-electron chi connectivity index (χ2n) is 6.68. The third kappa shape index (κ3) is 1.27. The second-order valence-corrected chi connectivity index (χ2v) is 9.57. The number of benzene rings is 1. The topological polar surface area (TPSA) is 0 Å². The van der Waals surface area contributed by atoms with Crippen molar-refractivity contribution in [1.29, 1.82) is 0 Å². The number of hydrogen-bond donors (Lipinski definition) is 0. The minimum Gasteiger partial charge on any atom is -0.106 e. The zero-order valence-corrected chi connectivity index (χ0v) is 12.1. The average Bonchev–Trinajstić information content (AvgIpc) is 2.75. The molecular weight excluding hydrogens is 256 g/mol.